The largest absolute Gasteiger partial charge is 0.364 e. The lowest BCUT2D eigenvalue weighted by atomic mass is 10.2. The number of aromatic nitrogens is 1. The maximum atomic E-state index is 13.2. The van der Waals surface area contributed by atoms with Gasteiger partial charge in [-0.05, 0) is 59.1 Å². The first-order valence-electron chi connectivity index (χ1n) is 6.60. The van der Waals surface area contributed by atoms with Crippen LogP contribution in [0.2, 0.25) is 0 Å². The van der Waals surface area contributed by atoms with Crippen LogP contribution in [0.3, 0.4) is 0 Å². The van der Waals surface area contributed by atoms with Gasteiger partial charge in [0.15, 0.2) is 0 Å². The predicted molar refractivity (Wildman–Crippen MR) is 80.8 cm³/mol. The Morgan fingerprint density at radius 2 is 2.14 bits per heavy atom. The molecule has 3 rings (SSSR count). The summed E-state index contributed by atoms with van der Waals surface area (Å²) in [7, 11) is -3.66. The molecule has 0 aliphatic carbocycles. The number of benzene rings is 1. The van der Waals surface area contributed by atoms with E-state index in [-0.39, 0.29) is 15.4 Å². The lowest BCUT2D eigenvalue weighted by Gasteiger charge is -2.24. The molecular weight excluding hydrogens is 359 g/mol. The van der Waals surface area contributed by atoms with Crippen molar-refractivity contribution in [3.8, 4) is 0 Å². The van der Waals surface area contributed by atoms with Gasteiger partial charge in [0.05, 0.1) is 10.9 Å². The minimum absolute atomic E-state index is 0.0994. The van der Waals surface area contributed by atoms with E-state index in [9.17, 15) is 12.8 Å². The second kappa shape index (κ2) is 5.55. The Bertz CT molecular complexity index is 746. The summed E-state index contributed by atoms with van der Waals surface area (Å²) in [5, 5.41) is 0. The molecule has 1 atom stereocenters. The Morgan fingerprint density at radius 3 is 2.81 bits per heavy atom. The fourth-order valence-electron chi connectivity index (χ4n) is 2.70. The molecule has 7 heteroatoms. The SMILES string of the molecule is O=S(=O)(c1ccc(F)cc1Br)N1CCCC1c1ccc[nH]1. The summed E-state index contributed by atoms with van der Waals surface area (Å²) in [5.41, 5.74) is 0.884. The molecule has 2 heterocycles. The van der Waals surface area contributed by atoms with E-state index in [0.717, 1.165) is 24.6 Å². The third-order valence-corrected chi connectivity index (χ3v) is 6.55. The Hall–Kier alpha value is -1.18. The number of halogens is 2. The van der Waals surface area contributed by atoms with E-state index >= 15 is 0 Å². The summed E-state index contributed by atoms with van der Waals surface area (Å²) in [5.74, 6) is -0.469. The fourth-order valence-corrected chi connectivity index (χ4v) is 5.39. The van der Waals surface area contributed by atoms with E-state index < -0.39 is 15.8 Å². The predicted octanol–water partition coefficient (Wildman–Crippen LogP) is 3.44. The van der Waals surface area contributed by atoms with Crippen LogP contribution in [0, 0.1) is 5.82 Å². The van der Waals surface area contributed by atoms with Crippen molar-refractivity contribution in [2.24, 2.45) is 0 Å². The second-order valence-electron chi connectivity index (χ2n) is 4.97. The maximum Gasteiger partial charge on any atom is 0.244 e. The highest BCUT2D eigenvalue weighted by molar-refractivity contribution is 9.10. The number of nitrogens with one attached hydrogen (secondary N) is 1. The summed E-state index contributed by atoms with van der Waals surface area (Å²) in [6.07, 6.45) is 3.37. The molecule has 1 unspecified atom stereocenters. The summed E-state index contributed by atoms with van der Waals surface area (Å²) in [6.45, 7) is 0.468. The minimum Gasteiger partial charge on any atom is -0.364 e. The topological polar surface area (TPSA) is 53.2 Å². The average Bonchev–Trinajstić information content (AvgIpc) is 3.09. The lowest BCUT2D eigenvalue weighted by molar-refractivity contribution is 0.391. The van der Waals surface area contributed by atoms with Crippen LogP contribution >= 0.6 is 15.9 Å². The molecule has 1 aliphatic heterocycles. The van der Waals surface area contributed by atoms with Gasteiger partial charge in [0.2, 0.25) is 10.0 Å². The highest BCUT2D eigenvalue weighted by Gasteiger charge is 2.37. The van der Waals surface area contributed by atoms with Crippen molar-refractivity contribution in [2.75, 3.05) is 6.54 Å². The Balaban J connectivity index is 2.01. The van der Waals surface area contributed by atoms with E-state index in [1.807, 2.05) is 12.1 Å². The van der Waals surface area contributed by atoms with E-state index in [1.165, 1.54) is 16.4 Å². The molecule has 4 nitrogen and oxygen atoms in total. The van der Waals surface area contributed by atoms with Gasteiger partial charge in [-0.15, -0.1) is 0 Å². The molecular formula is C14H14BrFN2O2S. The van der Waals surface area contributed by atoms with Gasteiger partial charge in [-0.25, -0.2) is 12.8 Å². The van der Waals surface area contributed by atoms with Crippen LogP contribution in [0.4, 0.5) is 4.39 Å². The Morgan fingerprint density at radius 1 is 1.33 bits per heavy atom. The zero-order chi connectivity index (χ0) is 15.0. The van der Waals surface area contributed by atoms with Gasteiger partial charge in [0, 0.05) is 22.9 Å². The van der Waals surface area contributed by atoms with E-state index in [2.05, 4.69) is 20.9 Å². The highest BCUT2D eigenvalue weighted by Crippen LogP contribution is 2.37. The molecule has 0 amide bonds. The number of sulfonamides is 1. The first-order valence-corrected chi connectivity index (χ1v) is 8.83. The van der Waals surface area contributed by atoms with Gasteiger partial charge in [0.25, 0.3) is 0 Å². The molecule has 0 saturated carbocycles. The molecule has 0 bridgehead atoms. The number of hydrogen-bond acceptors (Lipinski definition) is 2. The van der Waals surface area contributed by atoms with E-state index in [0.29, 0.717) is 6.54 Å². The van der Waals surface area contributed by atoms with Crippen LogP contribution in [-0.4, -0.2) is 24.3 Å². The highest BCUT2D eigenvalue weighted by atomic mass is 79.9. The molecule has 1 fully saturated rings. The monoisotopic (exact) mass is 372 g/mol. The summed E-state index contributed by atoms with van der Waals surface area (Å²) >= 11 is 3.15. The van der Waals surface area contributed by atoms with Crippen LogP contribution in [0.1, 0.15) is 24.6 Å². The van der Waals surface area contributed by atoms with Crippen LogP contribution in [0.15, 0.2) is 45.9 Å². The van der Waals surface area contributed by atoms with Crippen molar-refractivity contribution >= 4 is 26.0 Å². The molecule has 21 heavy (non-hydrogen) atoms. The van der Waals surface area contributed by atoms with Gasteiger partial charge in [-0.2, -0.15) is 4.31 Å². The molecule has 0 spiro atoms. The smallest absolute Gasteiger partial charge is 0.244 e. The van der Waals surface area contributed by atoms with Gasteiger partial charge in [-0.3, -0.25) is 0 Å². The molecule has 112 valence electrons. The first-order chi connectivity index (χ1) is 10.00. The maximum absolute atomic E-state index is 13.2. The summed E-state index contributed by atoms with van der Waals surface area (Å²) in [6, 6.07) is 7.19. The van der Waals surface area contributed by atoms with Crippen LogP contribution in [-0.2, 0) is 10.0 Å². The Labute approximate surface area is 131 Å². The molecule has 1 aromatic heterocycles. The molecule has 1 aliphatic rings. The molecule has 1 saturated heterocycles. The number of hydrogen-bond donors (Lipinski definition) is 1. The quantitative estimate of drug-likeness (QED) is 0.896. The second-order valence-corrected chi connectivity index (χ2v) is 7.69. The fraction of sp³-hybridized carbons (Fsp3) is 0.286. The van der Waals surface area contributed by atoms with Crippen molar-refractivity contribution in [2.45, 2.75) is 23.8 Å². The third-order valence-electron chi connectivity index (χ3n) is 3.67. The summed E-state index contributed by atoms with van der Waals surface area (Å²) in [4.78, 5) is 3.18. The zero-order valence-corrected chi connectivity index (χ0v) is 13.5. The number of nitrogens with zero attached hydrogens (tertiary/aromatic N) is 1. The van der Waals surface area contributed by atoms with Gasteiger partial charge in [0.1, 0.15) is 5.82 Å². The summed E-state index contributed by atoms with van der Waals surface area (Å²) < 4.78 is 40.6. The first kappa shape index (κ1) is 14.7. The third kappa shape index (κ3) is 2.65. The minimum atomic E-state index is -3.66. The molecule has 1 aromatic carbocycles. The molecule has 2 aromatic rings. The van der Waals surface area contributed by atoms with Crippen molar-refractivity contribution < 1.29 is 12.8 Å². The van der Waals surface area contributed by atoms with Crippen molar-refractivity contribution in [3.63, 3.8) is 0 Å². The molecule has 1 N–H and O–H groups in total. The van der Waals surface area contributed by atoms with Gasteiger partial charge >= 0.3 is 0 Å². The number of rotatable bonds is 3. The van der Waals surface area contributed by atoms with Crippen LogP contribution in [0.5, 0.6) is 0 Å². The van der Waals surface area contributed by atoms with E-state index in [1.54, 1.807) is 6.20 Å². The van der Waals surface area contributed by atoms with Gasteiger partial charge in [-0.1, -0.05) is 0 Å². The van der Waals surface area contributed by atoms with Gasteiger partial charge < -0.3 is 4.98 Å². The zero-order valence-electron chi connectivity index (χ0n) is 11.1. The lowest BCUT2D eigenvalue weighted by Crippen LogP contribution is -2.31. The van der Waals surface area contributed by atoms with Crippen molar-refractivity contribution in [1.82, 2.24) is 9.29 Å². The van der Waals surface area contributed by atoms with Crippen LogP contribution in [0.25, 0.3) is 0 Å². The molecule has 0 radical (unpaired) electrons. The number of aromatic amines is 1. The van der Waals surface area contributed by atoms with Crippen molar-refractivity contribution in [1.29, 1.82) is 0 Å². The van der Waals surface area contributed by atoms with E-state index in [4.69, 9.17) is 0 Å². The normalized spacial score (nSPS) is 20.0. The van der Waals surface area contributed by atoms with Crippen LogP contribution < -0.4 is 0 Å². The number of H-pyrrole nitrogens is 1. The standard InChI is InChI=1S/C14H14BrFN2O2S/c15-11-9-10(16)5-6-14(11)21(19,20)18-8-2-4-13(18)12-3-1-7-17-12/h1,3,5-7,9,13,17H,2,4,8H2. The average molecular weight is 373 g/mol. The Kier molecular flexibility index (Phi) is 3.90. The van der Waals surface area contributed by atoms with Crippen molar-refractivity contribution in [3.05, 3.63) is 52.5 Å².